The summed E-state index contributed by atoms with van der Waals surface area (Å²) in [6.45, 7) is 3.18. The van der Waals surface area contributed by atoms with E-state index in [4.69, 9.17) is 4.74 Å². The largest absolute Gasteiger partial charge is 0.497 e. The molecular formula is C19H25NO. The summed E-state index contributed by atoms with van der Waals surface area (Å²) in [5.74, 6) is 1.52. The third-order valence-electron chi connectivity index (χ3n) is 3.78. The molecule has 0 aliphatic carbocycles. The van der Waals surface area contributed by atoms with Gasteiger partial charge in [-0.25, -0.2) is 0 Å². The summed E-state index contributed by atoms with van der Waals surface area (Å²) in [5.41, 5.74) is 4.12. The Morgan fingerprint density at radius 3 is 2.33 bits per heavy atom. The van der Waals surface area contributed by atoms with Crippen LogP contribution >= 0.6 is 0 Å². The Labute approximate surface area is 128 Å². The number of benzene rings is 2. The van der Waals surface area contributed by atoms with Crippen molar-refractivity contribution in [2.45, 2.75) is 19.8 Å². The summed E-state index contributed by atoms with van der Waals surface area (Å²) in [7, 11) is 3.73. The third kappa shape index (κ3) is 4.91. The number of nitrogens with one attached hydrogen (secondary N) is 1. The zero-order chi connectivity index (χ0) is 15.1. The molecule has 2 heteroatoms. The Morgan fingerprint density at radius 2 is 1.71 bits per heavy atom. The van der Waals surface area contributed by atoms with Gasteiger partial charge in [0.25, 0.3) is 0 Å². The molecule has 0 aromatic heterocycles. The molecule has 2 nitrogen and oxygen atoms in total. The van der Waals surface area contributed by atoms with Crippen molar-refractivity contribution in [2.24, 2.45) is 5.92 Å². The van der Waals surface area contributed by atoms with Crippen LogP contribution in [0.1, 0.15) is 16.7 Å². The lowest BCUT2D eigenvalue weighted by Gasteiger charge is -2.17. The first kappa shape index (κ1) is 15.6. The molecule has 2 aromatic rings. The monoisotopic (exact) mass is 283 g/mol. The summed E-state index contributed by atoms with van der Waals surface area (Å²) < 4.78 is 5.22. The van der Waals surface area contributed by atoms with Crippen LogP contribution in [0.2, 0.25) is 0 Å². The standard InChI is InChI=1S/C19H25NO/c1-15-5-4-6-17(11-15)13-18(14-20-2)12-16-7-9-19(21-3)10-8-16/h4-11,18,20H,12-14H2,1-3H3. The number of methoxy groups -OCH3 is 1. The van der Waals surface area contributed by atoms with Crippen LogP contribution in [0.15, 0.2) is 48.5 Å². The fourth-order valence-corrected chi connectivity index (χ4v) is 2.77. The van der Waals surface area contributed by atoms with E-state index >= 15 is 0 Å². The first-order chi connectivity index (χ1) is 10.2. The van der Waals surface area contributed by atoms with E-state index < -0.39 is 0 Å². The van der Waals surface area contributed by atoms with Crippen molar-refractivity contribution >= 4 is 0 Å². The number of rotatable bonds is 7. The molecule has 2 aromatic carbocycles. The molecule has 1 N–H and O–H groups in total. The fourth-order valence-electron chi connectivity index (χ4n) is 2.77. The molecule has 0 spiro atoms. The predicted octanol–water partition coefficient (Wildman–Crippen LogP) is 3.62. The van der Waals surface area contributed by atoms with Gasteiger partial charge in [0, 0.05) is 0 Å². The normalized spacial score (nSPS) is 12.1. The molecule has 0 saturated heterocycles. The molecule has 112 valence electrons. The van der Waals surface area contributed by atoms with Crippen molar-refractivity contribution in [1.29, 1.82) is 0 Å². The molecule has 0 saturated carbocycles. The Kier molecular flexibility index (Phi) is 5.82. The zero-order valence-corrected chi connectivity index (χ0v) is 13.2. The van der Waals surface area contributed by atoms with Crippen molar-refractivity contribution in [3.63, 3.8) is 0 Å². The Morgan fingerprint density at radius 1 is 1.00 bits per heavy atom. The van der Waals surface area contributed by atoms with Crippen molar-refractivity contribution in [3.8, 4) is 5.75 Å². The highest BCUT2D eigenvalue weighted by atomic mass is 16.5. The van der Waals surface area contributed by atoms with Gasteiger partial charge >= 0.3 is 0 Å². The number of ether oxygens (including phenoxy) is 1. The van der Waals surface area contributed by atoms with Crippen LogP contribution in [-0.2, 0) is 12.8 Å². The van der Waals surface area contributed by atoms with Crippen LogP contribution in [0.3, 0.4) is 0 Å². The first-order valence-electron chi connectivity index (χ1n) is 7.54. The molecule has 0 bridgehead atoms. The lowest BCUT2D eigenvalue weighted by molar-refractivity contribution is 0.414. The minimum Gasteiger partial charge on any atom is -0.497 e. The Hall–Kier alpha value is -1.80. The van der Waals surface area contributed by atoms with E-state index in [1.54, 1.807) is 7.11 Å². The molecule has 0 fully saturated rings. The maximum atomic E-state index is 5.22. The molecular weight excluding hydrogens is 258 g/mol. The minimum atomic E-state index is 0.602. The number of aryl methyl sites for hydroxylation is 1. The second-order valence-electron chi connectivity index (χ2n) is 5.67. The molecule has 1 atom stereocenters. The average Bonchev–Trinajstić information content (AvgIpc) is 2.48. The van der Waals surface area contributed by atoms with Gasteiger partial charge < -0.3 is 10.1 Å². The van der Waals surface area contributed by atoms with E-state index in [-0.39, 0.29) is 0 Å². The van der Waals surface area contributed by atoms with Crippen LogP contribution in [0, 0.1) is 12.8 Å². The molecule has 2 rings (SSSR count). The lowest BCUT2D eigenvalue weighted by Crippen LogP contribution is -2.22. The van der Waals surface area contributed by atoms with Gasteiger partial charge in [-0.1, -0.05) is 42.0 Å². The van der Waals surface area contributed by atoms with Crippen molar-refractivity contribution in [2.75, 3.05) is 20.7 Å². The van der Waals surface area contributed by atoms with E-state index in [2.05, 4.69) is 48.6 Å². The third-order valence-corrected chi connectivity index (χ3v) is 3.78. The Balaban J connectivity index is 2.04. The van der Waals surface area contributed by atoms with Crippen molar-refractivity contribution in [1.82, 2.24) is 5.32 Å². The van der Waals surface area contributed by atoms with Crippen LogP contribution < -0.4 is 10.1 Å². The second-order valence-corrected chi connectivity index (χ2v) is 5.67. The van der Waals surface area contributed by atoms with Gasteiger partial charge in [0.1, 0.15) is 5.75 Å². The molecule has 21 heavy (non-hydrogen) atoms. The summed E-state index contributed by atoms with van der Waals surface area (Å²) >= 11 is 0. The van der Waals surface area contributed by atoms with Crippen LogP contribution in [0.5, 0.6) is 5.75 Å². The summed E-state index contributed by atoms with van der Waals surface area (Å²) in [6.07, 6.45) is 2.19. The smallest absolute Gasteiger partial charge is 0.118 e. The molecule has 0 amide bonds. The number of hydrogen-bond donors (Lipinski definition) is 1. The molecule has 0 heterocycles. The van der Waals surface area contributed by atoms with E-state index in [1.807, 2.05) is 19.2 Å². The van der Waals surface area contributed by atoms with E-state index in [0.717, 1.165) is 25.1 Å². The lowest BCUT2D eigenvalue weighted by atomic mass is 9.92. The SMILES string of the molecule is CNCC(Cc1ccc(OC)cc1)Cc1cccc(C)c1. The molecule has 0 aliphatic rings. The molecule has 0 radical (unpaired) electrons. The zero-order valence-electron chi connectivity index (χ0n) is 13.2. The van der Waals surface area contributed by atoms with Crippen molar-refractivity contribution < 1.29 is 4.74 Å². The van der Waals surface area contributed by atoms with Gasteiger partial charge in [0.15, 0.2) is 0 Å². The quantitative estimate of drug-likeness (QED) is 0.838. The highest BCUT2D eigenvalue weighted by molar-refractivity contribution is 5.28. The summed E-state index contributed by atoms with van der Waals surface area (Å²) in [6, 6.07) is 17.2. The van der Waals surface area contributed by atoms with Crippen LogP contribution in [0.4, 0.5) is 0 Å². The van der Waals surface area contributed by atoms with E-state index in [9.17, 15) is 0 Å². The van der Waals surface area contributed by atoms with Gasteiger partial charge in [-0.15, -0.1) is 0 Å². The predicted molar refractivity (Wildman–Crippen MR) is 89.0 cm³/mol. The van der Waals surface area contributed by atoms with E-state index in [1.165, 1.54) is 16.7 Å². The van der Waals surface area contributed by atoms with Gasteiger partial charge in [-0.2, -0.15) is 0 Å². The number of hydrogen-bond acceptors (Lipinski definition) is 2. The Bertz CT molecular complexity index is 548. The van der Waals surface area contributed by atoms with Gasteiger partial charge in [-0.3, -0.25) is 0 Å². The van der Waals surface area contributed by atoms with Gasteiger partial charge in [0.2, 0.25) is 0 Å². The van der Waals surface area contributed by atoms with Crippen LogP contribution in [0.25, 0.3) is 0 Å². The van der Waals surface area contributed by atoms with Crippen LogP contribution in [-0.4, -0.2) is 20.7 Å². The topological polar surface area (TPSA) is 21.3 Å². The van der Waals surface area contributed by atoms with E-state index in [0.29, 0.717) is 5.92 Å². The summed E-state index contributed by atoms with van der Waals surface area (Å²) in [4.78, 5) is 0. The second kappa shape index (κ2) is 7.84. The average molecular weight is 283 g/mol. The van der Waals surface area contributed by atoms with Gasteiger partial charge in [0.05, 0.1) is 7.11 Å². The maximum Gasteiger partial charge on any atom is 0.118 e. The summed E-state index contributed by atoms with van der Waals surface area (Å²) in [5, 5.41) is 3.32. The fraction of sp³-hybridized carbons (Fsp3) is 0.368. The first-order valence-corrected chi connectivity index (χ1v) is 7.54. The highest BCUT2D eigenvalue weighted by Gasteiger charge is 2.10. The molecule has 1 unspecified atom stereocenters. The maximum absolute atomic E-state index is 5.22. The molecule has 0 aliphatic heterocycles. The minimum absolute atomic E-state index is 0.602. The van der Waals surface area contributed by atoms with Gasteiger partial charge in [-0.05, 0) is 62.5 Å². The highest BCUT2D eigenvalue weighted by Crippen LogP contribution is 2.18. The van der Waals surface area contributed by atoms with Crippen molar-refractivity contribution in [3.05, 3.63) is 65.2 Å².